The van der Waals surface area contributed by atoms with Gasteiger partial charge in [-0.25, -0.2) is 4.98 Å². The van der Waals surface area contributed by atoms with Gasteiger partial charge in [0.2, 0.25) is 5.91 Å². The molecule has 1 aromatic heterocycles. The molecule has 1 heterocycles. The van der Waals surface area contributed by atoms with Gasteiger partial charge in [0.05, 0.1) is 0 Å². The van der Waals surface area contributed by atoms with Crippen LogP contribution in [0.5, 0.6) is 0 Å². The lowest BCUT2D eigenvalue weighted by atomic mass is 9.87. The van der Waals surface area contributed by atoms with Crippen LogP contribution in [0, 0.1) is 12.3 Å². The van der Waals surface area contributed by atoms with E-state index >= 15 is 0 Å². The Kier molecular flexibility index (Phi) is 5.50. The molecule has 0 aliphatic heterocycles. The van der Waals surface area contributed by atoms with Gasteiger partial charge in [-0.2, -0.15) is 0 Å². The smallest absolute Gasteiger partial charge is 0.227 e. The average molecular weight is 328 g/mol. The van der Waals surface area contributed by atoms with E-state index < -0.39 is 0 Å². The SMILES string of the molecule is Cc1cc(Br)cnc1NC(=O)CC(N)CC(C)(C)C. The number of rotatable bonds is 4. The van der Waals surface area contributed by atoms with Gasteiger partial charge in [0, 0.05) is 23.1 Å². The molecule has 1 amide bonds. The molecule has 0 spiro atoms. The van der Waals surface area contributed by atoms with Crippen molar-refractivity contribution in [3.8, 4) is 0 Å². The Morgan fingerprint density at radius 2 is 2.16 bits per heavy atom. The number of amides is 1. The second-order valence-corrected chi connectivity index (χ2v) is 7.01. The quantitative estimate of drug-likeness (QED) is 0.891. The third-order valence-corrected chi connectivity index (χ3v) is 3.06. The highest BCUT2D eigenvalue weighted by Crippen LogP contribution is 2.21. The topological polar surface area (TPSA) is 68.0 Å². The molecular formula is C14H22BrN3O. The third kappa shape index (κ3) is 6.16. The predicted molar refractivity (Wildman–Crippen MR) is 82.0 cm³/mol. The fourth-order valence-corrected chi connectivity index (χ4v) is 2.40. The van der Waals surface area contributed by atoms with Crippen molar-refractivity contribution >= 4 is 27.7 Å². The number of hydrogen-bond acceptors (Lipinski definition) is 3. The monoisotopic (exact) mass is 327 g/mol. The molecule has 0 saturated carbocycles. The zero-order chi connectivity index (χ0) is 14.6. The van der Waals surface area contributed by atoms with E-state index in [1.54, 1.807) is 6.20 Å². The summed E-state index contributed by atoms with van der Waals surface area (Å²) in [6.07, 6.45) is 2.79. The summed E-state index contributed by atoms with van der Waals surface area (Å²) in [5.74, 6) is 0.505. The Morgan fingerprint density at radius 1 is 1.53 bits per heavy atom. The summed E-state index contributed by atoms with van der Waals surface area (Å²) >= 11 is 3.34. The number of hydrogen-bond donors (Lipinski definition) is 2. The van der Waals surface area contributed by atoms with Crippen molar-refractivity contribution in [1.82, 2.24) is 4.98 Å². The van der Waals surface area contributed by atoms with Crippen molar-refractivity contribution in [2.24, 2.45) is 11.1 Å². The average Bonchev–Trinajstić information content (AvgIpc) is 2.19. The number of aromatic nitrogens is 1. The van der Waals surface area contributed by atoms with Crippen molar-refractivity contribution in [1.29, 1.82) is 0 Å². The van der Waals surface area contributed by atoms with E-state index in [1.165, 1.54) is 0 Å². The van der Waals surface area contributed by atoms with Crippen molar-refractivity contribution in [2.45, 2.75) is 46.6 Å². The van der Waals surface area contributed by atoms with E-state index in [1.807, 2.05) is 13.0 Å². The normalized spacial score (nSPS) is 13.2. The van der Waals surface area contributed by atoms with Crippen LogP contribution in [0.1, 0.15) is 39.2 Å². The summed E-state index contributed by atoms with van der Waals surface area (Å²) < 4.78 is 0.896. The molecule has 0 aliphatic carbocycles. The third-order valence-electron chi connectivity index (χ3n) is 2.62. The van der Waals surface area contributed by atoms with Gasteiger partial charge < -0.3 is 11.1 Å². The number of carbonyl (C=O) groups is 1. The van der Waals surface area contributed by atoms with Crippen LogP contribution in [-0.4, -0.2) is 16.9 Å². The van der Waals surface area contributed by atoms with E-state index in [-0.39, 0.29) is 17.4 Å². The standard InChI is InChI=1S/C14H22BrN3O/c1-9-5-10(15)8-17-13(9)18-12(19)6-11(16)7-14(2,3)4/h5,8,11H,6-7,16H2,1-4H3,(H,17,18,19). The van der Waals surface area contributed by atoms with Crippen molar-refractivity contribution in [3.63, 3.8) is 0 Å². The van der Waals surface area contributed by atoms with Crippen molar-refractivity contribution in [2.75, 3.05) is 5.32 Å². The van der Waals surface area contributed by atoms with Gasteiger partial charge >= 0.3 is 0 Å². The Morgan fingerprint density at radius 3 is 2.68 bits per heavy atom. The molecular weight excluding hydrogens is 306 g/mol. The van der Waals surface area contributed by atoms with E-state index in [4.69, 9.17) is 5.73 Å². The first-order valence-corrected chi connectivity index (χ1v) is 7.14. The van der Waals surface area contributed by atoms with Gasteiger partial charge in [-0.1, -0.05) is 20.8 Å². The molecule has 0 aromatic carbocycles. The highest BCUT2D eigenvalue weighted by Gasteiger charge is 2.18. The van der Waals surface area contributed by atoms with Crippen molar-refractivity contribution < 1.29 is 4.79 Å². The fourth-order valence-electron chi connectivity index (χ4n) is 1.95. The van der Waals surface area contributed by atoms with E-state index in [9.17, 15) is 4.79 Å². The minimum absolute atomic E-state index is 0.0883. The molecule has 5 heteroatoms. The first kappa shape index (κ1) is 16.1. The number of nitrogens with two attached hydrogens (primary N) is 1. The van der Waals surface area contributed by atoms with E-state index in [0.29, 0.717) is 12.2 Å². The molecule has 0 radical (unpaired) electrons. The van der Waals surface area contributed by atoms with E-state index in [0.717, 1.165) is 16.5 Å². The second kappa shape index (κ2) is 6.48. The molecule has 0 fully saturated rings. The number of halogens is 1. The Hall–Kier alpha value is -0.940. The van der Waals surface area contributed by atoms with Crippen LogP contribution in [0.25, 0.3) is 0 Å². The largest absolute Gasteiger partial charge is 0.327 e. The summed E-state index contributed by atoms with van der Waals surface area (Å²) in [6.45, 7) is 8.25. The predicted octanol–water partition coefficient (Wildman–Crippen LogP) is 3.24. The minimum atomic E-state index is -0.129. The molecule has 19 heavy (non-hydrogen) atoms. The van der Waals surface area contributed by atoms with Crippen molar-refractivity contribution in [3.05, 3.63) is 22.3 Å². The lowest BCUT2D eigenvalue weighted by Gasteiger charge is -2.22. The maximum Gasteiger partial charge on any atom is 0.227 e. The Labute approximate surface area is 123 Å². The molecule has 106 valence electrons. The number of nitrogens with one attached hydrogen (secondary N) is 1. The maximum absolute atomic E-state index is 11.9. The molecule has 3 N–H and O–H groups in total. The lowest BCUT2D eigenvalue weighted by molar-refractivity contribution is -0.116. The van der Waals surface area contributed by atoms with Crippen LogP contribution in [0.2, 0.25) is 0 Å². The number of carbonyl (C=O) groups excluding carboxylic acids is 1. The van der Waals surface area contributed by atoms with Crippen LogP contribution >= 0.6 is 15.9 Å². The van der Waals surface area contributed by atoms with Gasteiger partial charge in [0.1, 0.15) is 5.82 Å². The molecule has 1 atom stereocenters. The van der Waals surface area contributed by atoms with Gasteiger partial charge in [-0.05, 0) is 46.3 Å². The van der Waals surface area contributed by atoms with Gasteiger partial charge in [0.25, 0.3) is 0 Å². The zero-order valence-corrected chi connectivity index (χ0v) is 13.5. The highest BCUT2D eigenvalue weighted by atomic mass is 79.9. The molecule has 1 rings (SSSR count). The Bertz CT molecular complexity index is 454. The summed E-state index contributed by atoms with van der Waals surface area (Å²) in [4.78, 5) is 16.1. The first-order valence-electron chi connectivity index (χ1n) is 6.35. The molecule has 0 saturated heterocycles. The molecule has 0 bridgehead atoms. The van der Waals surface area contributed by atoms with Crippen LogP contribution in [0.4, 0.5) is 5.82 Å². The highest BCUT2D eigenvalue weighted by molar-refractivity contribution is 9.10. The maximum atomic E-state index is 11.9. The molecule has 4 nitrogen and oxygen atoms in total. The minimum Gasteiger partial charge on any atom is -0.327 e. The van der Waals surface area contributed by atoms with Crippen LogP contribution in [0.3, 0.4) is 0 Å². The van der Waals surface area contributed by atoms with Crippen LogP contribution < -0.4 is 11.1 Å². The number of anilines is 1. The van der Waals surface area contributed by atoms with Gasteiger partial charge in [-0.15, -0.1) is 0 Å². The van der Waals surface area contributed by atoms with Crippen LogP contribution in [-0.2, 0) is 4.79 Å². The van der Waals surface area contributed by atoms with Gasteiger partial charge in [-0.3, -0.25) is 4.79 Å². The van der Waals surface area contributed by atoms with E-state index in [2.05, 4.69) is 47.0 Å². The molecule has 1 aromatic rings. The number of aryl methyl sites for hydroxylation is 1. The summed E-state index contributed by atoms with van der Waals surface area (Å²) in [7, 11) is 0. The zero-order valence-electron chi connectivity index (χ0n) is 12.0. The molecule has 0 aliphatic rings. The van der Waals surface area contributed by atoms with Gasteiger partial charge in [0.15, 0.2) is 0 Å². The fraction of sp³-hybridized carbons (Fsp3) is 0.571. The Balaban J connectivity index is 2.56. The second-order valence-electron chi connectivity index (χ2n) is 6.10. The summed E-state index contributed by atoms with van der Waals surface area (Å²) in [5, 5.41) is 2.80. The number of pyridine rings is 1. The summed E-state index contributed by atoms with van der Waals surface area (Å²) in [5.41, 5.74) is 7.04. The first-order chi connectivity index (χ1) is 8.67. The lowest BCUT2D eigenvalue weighted by Crippen LogP contribution is -2.31. The molecule has 1 unspecified atom stereocenters. The number of nitrogens with zero attached hydrogens (tertiary/aromatic N) is 1. The summed E-state index contributed by atoms with van der Waals surface area (Å²) in [6, 6.07) is 1.79. The van der Waals surface area contributed by atoms with Crippen LogP contribution in [0.15, 0.2) is 16.7 Å².